The van der Waals surface area contributed by atoms with Crippen LogP contribution in [0.3, 0.4) is 0 Å². The molecule has 0 saturated carbocycles. The van der Waals surface area contributed by atoms with E-state index in [4.69, 9.17) is 17.0 Å². The number of carbonyl (C=O) groups is 1. The molecule has 164 valence electrons. The van der Waals surface area contributed by atoms with Gasteiger partial charge in [-0.05, 0) is 60.2 Å². The number of hydrogen-bond donors (Lipinski definition) is 0. The third kappa shape index (κ3) is 5.96. The second-order valence-electron chi connectivity index (χ2n) is 7.71. The van der Waals surface area contributed by atoms with Crippen LogP contribution in [0.25, 0.3) is 0 Å². The van der Waals surface area contributed by atoms with Gasteiger partial charge in [-0.1, -0.05) is 78.6 Å². The Bertz CT molecular complexity index is 1060. The molecule has 0 aliphatic carbocycles. The fourth-order valence-corrected chi connectivity index (χ4v) is 5.18. The zero-order chi connectivity index (χ0) is 22.3. The summed E-state index contributed by atoms with van der Waals surface area (Å²) in [5.74, 6) is 0.581. The van der Waals surface area contributed by atoms with Crippen LogP contribution < -0.4 is 4.74 Å². The van der Waals surface area contributed by atoms with Gasteiger partial charge < -0.3 is 4.74 Å². The zero-order valence-electron chi connectivity index (χ0n) is 17.6. The van der Waals surface area contributed by atoms with Crippen molar-refractivity contribution in [1.29, 1.82) is 0 Å². The Morgan fingerprint density at radius 1 is 0.906 bits per heavy atom. The predicted octanol–water partition coefficient (Wildman–Crippen LogP) is 5.81. The largest absolute Gasteiger partial charge is 0.489 e. The minimum Gasteiger partial charge on any atom is -0.489 e. The first-order valence-electron chi connectivity index (χ1n) is 10.6. The van der Waals surface area contributed by atoms with E-state index in [2.05, 4.69) is 12.1 Å². The lowest BCUT2D eigenvalue weighted by Crippen LogP contribution is -2.33. The van der Waals surface area contributed by atoms with Crippen molar-refractivity contribution in [3.05, 3.63) is 101 Å². The van der Waals surface area contributed by atoms with Crippen LogP contribution in [-0.2, 0) is 24.2 Å². The Hall–Kier alpha value is -2.70. The highest BCUT2D eigenvalue weighted by Crippen LogP contribution is 2.30. The second-order valence-corrected chi connectivity index (χ2v) is 9.55. The quantitative estimate of drug-likeness (QED) is 0.373. The highest BCUT2D eigenvalue weighted by atomic mass is 32.2. The molecule has 4 rings (SSSR count). The monoisotopic (exact) mass is 465 g/mol. The maximum atomic E-state index is 13.0. The van der Waals surface area contributed by atoms with Crippen molar-refractivity contribution in [2.45, 2.75) is 31.1 Å². The number of hydrogen-bond acceptors (Lipinski definition) is 4. The predicted molar refractivity (Wildman–Crippen MR) is 131 cm³/mol. The highest BCUT2D eigenvalue weighted by molar-refractivity contribution is 8.24. The average Bonchev–Trinajstić information content (AvgIpc) is 3.08. The Kier molecular flexibility index (Phi) is 7.55. The number of carbonyl (C=O) groups excluding carboxylic acids is 1. The summed E-state index contributed by atoms with van der Waals surface area (Å²) in [5.41, 5.74) is 3.25. The molecule has 0 bridgehead atoms. The summed E-state index contributed by atoms with van der Waals surface area (Å²) in [5, 5.41) is -0.176. The van der Waals surface area contributed by atoms with Gasteiger partial charge in [0.2, 0.25) is 5.91 Å². The molecule has 1 aliphatic rings. The molecule has 1 aliphatic heterocycles. The average molecular weight is 466 g/mol. The lowest BCUT2D eigenvalue weighted by Gasteiger charge is -2.15. The summed E-state index contributed by atoms with van der Waals surface area (Å²) < 4.78 is 19.4. The van der Waals surface area contributed by atoms with Crippen LogP contribution >= 0.6 is 24.0 Å². The van der Waals surface area contributed by atoms with Gasteiger partial charge in [0.1, 0.15) is 22.5 Å². The second kappa shape index (κ2) is 10.7. The van der Waals surface area contributed by atoms with Gasteiger partial charge in [0.15, 0.2) is 0 Å². The first-order valence-corrected chi connectivity index (χ1v) is 11.9. The maximum absolute atomic E-state index is 13.0. The van der Waals surface area contributed by atoms with Gasteiger partial charge >= 0.3 is 0 Å². The molecule has 1 saturated heterocycles. The number of aryl methyl sites for hydroxylation is 1. The number of amides is 1. The van der Waals surface area contributed by atoms with Crippen molar-refractivity contribution >= 4 is 34.2 Å². The Morgan fingerprint density at radius 3 is 2.31 bits per heavy atom. The SMILES string of the molecule is O=C1[C@@H](Cc2ccc(OCc3ccc(F)cc3)cc2)SC(=S)N1CCCc1ccccc1. The molecule has 1 amide bonds. The van der Waals surface area contributed by atoms with E-state index in [0.717, 1.165) is 29.7 Å². The van der Waals surface area contributed by atoms with E-state index in [1.165, 1.54) is 29.5 Å². The molecule has 6 heteroatoms. The van der Waals surface area contributed by atoms with E-state index in [1.54, 1.807) is 17.0 Å². The summed E-state index contributed by atoms with van der Waals surface area (Å²) in [6.07, 6.45) is 2.46. The number of benzene rings is 3. The van der Waals surface area contributed by atoms with Crippen LogP contribution in [-0.4, -0.2) is 26.9 Å². The van der Waals surface area contributed by atoms with Gasteiger partial charge in [-0.3, -0.25) is 9.69 Å². The van der Waals surface area contributed by atoms with Crippen LogP contribution in [0.4, 0.5) is 4.39 Å². The van der Waals surface area contributed by atoms with Crippen molar-refractivity contribution in [2.24, 2.45) is 0 Å². The molecule has 0 aromatic heterocycles. The molecule has 1 fully saturated rings. The number of thiocarbonyl (C=S) groups is 1. The van der Waals surface area contributed by atoms with Gasteiger partial charge in [-0.2, -0.15) is 0 Å². The highest BCUT2D eigenvalue weighted by Gasteiger charge is 2.36. The molecule has 3 aromatic rings. The molecule has 0 radical (unpaired) electrons. The molecule has 3 aromatic carbocycles. The summed E-state index contributed by atoms with van der Waals surface area (Å²) in [6, 6.07) is 24.3. The normalized spacial score (nSPS) is 15.9. The molecule has 1 atom stereocenters. The molecular weight excluding hydrogens is 441 g/mol. The van der Waals surface area contributed by atoms with E-state index >= 15 is 0 Å². The van der Waals surface area contributed by atoms with Gasteiger partial charge in [0.25, 0.3) is 0 Å². The van der Waals surface area contributed by atoms with Crippen LogP contribution in [0.15, 0.2) is 78.9 Å². The number of thioether (sulfide) groups is 1. The topological polar surface area (TPSA) is 29.5 Å². The third-order valence-corrected chi connectivity index (χ3v) is 6.94. The van der Waals surface area contributed by atoms with Crippen LogP contribution in [0.2, 0.25) is 0 Å². The fraction of sp³-hybridized carbons (Fsp3) is 0.231. The summed E-state index contributed by atoms with van der Waals surface area (Å²) >= 11 is 6.96. The summed E-state index contributed by atoms with van der Waals surface area (Å²) in [6.45, 7) is 1.04. The lowest BCUT2D eigenvalue weighted by molar-refractivity contribution is -0.126. The van der Waals surface area contributed by atoms with Crippen LogP contribution in [0.1, 0.15) is 23.1 Å². The van der Waals surface area contributed by atoms with E-state index < -0.39 is 0 Å². The van der Waals surface area contributed by atoms with Crippen molar-refractivity contribution < 1.29 is 13.9 Å². The first kappa shape index (κ1) is 22.5. The molecule has 0 spiro atoms. The van der Waals surface area contributed by atoms with E-state index in [0.29, 0.717) is 23.9 Å². The van der Waals surface area contributed by atoms with Gasteiger partial charge in [-0.15, -0.1) is 0 Å². The Labute approximate surface area is 197 Å². The van der Waals surface area contributed by atoms with Gasteiger partial charge in [-0.25, -0.2) is 4.39 Å². The molecule has 1 heterocycles. The van der Waals surface area contributed by atoms with Crippen molar-refractivity contribution in [2.75, 3.05) is 6.54 Å². The van der Waals surface area contributed by atoms with Gasteiger partial charge in [0.05, 0.1) is 5.25 Å². The third-order valence-electron chi connectivity index (χ3n) is 5.36. The fourth-order valence-electron chi connectivity index (χ4n) is 3.60. The van der Waals surface area contributed by atoms with Crippen LogP contribution in [0.5, 0.6) is 5.75 Å². The zero-order valence-corrected chi connectivity index (χ0v) is 19.2. The molecule has 0 N–H and O–H groups in total. The lowest BCUT2D eigenvalue weighted by atomic mass is 10.1. The molecule has 3 nitrogen and oxygen atoms in total. The Morgan fingerprint density at radius 2 is 1.59 bits per heavy atom. The number of rotatable bonds is 9. The van der Waals surface area contributed by atoms with Crippen molar-refractivity contribution in [3.63, 3.8) is 0 Å². The van der Waals surface area contributed by atoms with E-state index in [1.807, 2.05) is 42.5 Å². The van der Waals surface area contributed by atoms with E-state index in [-0.39, 0.29) is 17.0 Å². The van der Waals surface area contributed by atoms with Crippen molar-refractivity contribution in [3.8, 4) is 5.75 Å². The number of halogens is 1. The summed E-state index contributed by atoms with van der Waals surface area (Å²) in [4.78, 5) is 14.6. The number of ether oxygens (including phenoxy) is 1. The standard InChI is InChI=1S/C26H24FNO2S2/c27-22-12-8-21(9-13-22)18-30-23-14-10-20(11-15-23)17-24-25(29)28(26(31)32-24)16-4-7-19-5-2-1-3-6-19/h1-3,5-6,8-15,24H,4,7,16-18H2/t24-/m1/s1. The smallest absolute Gasteiger partial charge is 0.241 e. The van der Waals surface area contributed by atoms with Crippen molar-refractivity contribution in [1.82, 2.24) is 4.90 Å². The minimum atomic E-state index is -0.258. The van der Waals surface area contributed by atoms with Gasteiger partial charge in [0, 0.05) is 6.54 Å². The number of nitrogens with zero attached hydrogens (tertiary/aromatic N) is 1. The molecular formula is C26H24FNO2S2. The minimum absolute atomic E-state index is 0.102. The first-order chi connectivity index (χ1) is 15.6. The maximum Gasteiger partial charge on any atom is 0.241 e. The Balaban J connectivity index is 1.26. The van der Waals surface area contributed by atoms with Crippen LogP contribution in [0, 0.1) is 5.82 Å². The van der Waals surface area contributed by atoms with E-state index in [9.17, 15) is 9.18 Å². The molecule has 32 heavy (non-hydrogen) atoms. The molecule has 0 unspecified atom stereocenters. The summed E-state index contributed by atoms with van der Waals surface area (Å²) in [7, 11) is 0.